The van der Waals surface area contributed by atoms with Gasteiger partial charge in [-0.15, -0.1) is 0 Å². The lowest BCUT2D eigenvalue weighted by molar-refractivity contribution is -0.129. The van der Waals surface area contributed by atoms with Crippen LogP contribution in [0.5, 0.6) is 0 Å². The smallest absolute Gasteiger partial charge is 0.407 e. The number of carbonyl (C=O) groups is 2. The van der Waals surface area contributed by atoms with Crippen molar-refractivity contribution in [3.63, 3.8) is 0 Å². The monoisotopic (exact) mass is 530 g/mol. The summed E-state index contributed by atoms with van der Waals surface area (Å²) >= 11 is 0. The van der Waals surface area contributed by atoms with E-state index in [1.165, 1.54) is 11.7 Å². The number of anilines is 2. The van der Waals surface area contributed by atoms with Crippen LogP contribution < -0.4 is 15.5 Å². The summed E-state index contributed by atoms with van der Waals surface area (Å²) < 4.78 is 39.4. The number of ether oxygens (including phenoxy) is 2. The molecule has 0 unspecified atom stereocenters. The second-order valence-electron chi connectivity index (χ2n) is 8.92. The normalized spacial score (nSPS) is 17.7. The minimum absolute atomic E-state index is 0.133. The molecule has 0 aliphatic carbocycles. The van der Waals surface area contributed by atoms with E-state index in [-0.39, 0.29) is 24.3 Å². The summed E-state index contributed by atoms with van der Waals surface area (Å²) in [6.07, 6.45) is -2.84. The van der Waals surface area contributed by atoms with Gasteiger partial charge in [0.25, 0.3) is 6.43 Å². The molecule has 38 heavy (non-hydrogen) atoms. The first-order valence-electron chi connectivity index (χ1n) is 12.3. The summed E-state index contributed by atoms with van der Waals surface area (Å²) in [6, 6.07) is 8.40. The zero-order valence-electron chi connectivity index (χ0n) is 20.8. The van der Waals surface area contributed by atoms with Crippen LogP contribution in [0.2, 0.25) is 0 Å². The van der Waals surface area contributed by atoms with E-state index in [4.69, 9.17) is 4.74 Å². The highest BCUT2D eigenvalue weighted by atomic mass is 19.3. The molecule has 2 fully saturated rings. The lowest BCUT2D eigenvalue weighted by atomic mass is 10.2. The van der Waals surface area contributed by atoms with Crippen LogP contribution in [-0.2, 0) is 14.3 Å². The number of fused-ring (bicyclic) bond motifs is 1. The van der Waals surface area contributed by atoms with E-state index in [1.807, 2.05) is 4.90 Å². The van der Waals surface area contributed by atoms with Crippen molar-refractivity contribution < 1.29 is 27.8 Å². The predicted octanol–water partition coefficient (Wildman–Crippen LogP) is 1.96. The van der Waals surface area contributed by atoms with E-state index in [1.54, 1.807) is 35.2 Å². The van der Waals surface area contributed by atoms with Crippen molar-refractivity contribution in [3.8, 4) is 5.82 Å². The number of amides is 2. The molecule has 4 heterocycles. The third-order valence-corrected chi connectivity index (χ3v) is 6.47. The van der Waals surface area contributed by atoms with Gasteiger partial charge in [-0.2, -0.15) is 9.97 Å². The highest BCUT2D eigenvalue weighted by Gasteiger charge is 2.28. The van der Waals surface area contributed by atoms with Gasteiger partial charge in [0, 0.05) is 38.3 Å². The van der Waals surface area contributed by atoms with Crippen LogP contribution in [0.4, 0.5) is 25.3 Å². The number of imidazole rings is 1. The standard InChI is InChI=1S/C24H28F2N8O4/c1-37-24(36)27-13-20(35)33-7-6-15(14-33)28-18-12-19(31-23(30-18)32-8-10-38-11-9-32)34-17-5-3-2-4-16(17)29-22(34)21(25)26/h2-5,12,15,21H,6-11,13-14H2,1H3,(H,27,36)(H,28,30,31)/t15-/m0/s1. The molecule has 0 spiro atoms. The fraction of sp³-hybridized carbons (Fsp3) is 0.458. The third-order valence-electron chi connectivity index (χ3n) is 6.47. The SMILES string of the molecule is COC(=O)NCC(=O)N1CC[C@H](Nc2cc(-n3c(C(F)F)nc4ccccc43)nc(N3CCOCC3)n2)C1. The summed E-state index contributed by atoms with van der Waals surface area (Å²) in [4.78, 5) is 40.8. The molecule has 2 aliphatic heterocycles. The number of nitrogens with zero attached hydrogens (tertiary/aromatic N) is 6. The van der Waals surface area contributed by atoms with Gasteiger partial charge in [-0.25, -0.2) is 18.6 Å². The van der Waals surface area contributed by atoms with Crippen molar-refractivity contribution in [1.82, 2.24) is 29.7 Å². The molecule has 1 aromatic carbocycles. The van der Waals surface area contributed by atoms with Crippen LogP contribution in [0.25, 0.3) is 16.9 Å². The number of methoxy groups -OCH3 is 1. The highest BCUT2D eigenvalue weighted by molar-refractivity contribution is 5.82. The zero-order chi connectivity index (χ0) is 26.6. The molecule has 2 N–H and O–H groups in total. The molecule has 5 rings (SSSR count). The maximum atomic E-state index is 14.0. The first-order valence-corrected chi connectivity index (χ1v) is 12.3. The topological polar surface area (TPSA) is 127 Å². The van der Waals surface area contributed by atoms with Gasteiger partial charge in [0.2, 0.25) is 11.9 Å². The molecule has 3 aromatic rings. The van der Waals surface area contributed by atoms with Gasteiger partial charge in [-0.05, 0) is 18.6 Å². The van der Waals surface area contributed by atoms with E-state index in [0.29, 0.717) is 68.6 Å². The van der Waals surface area contributed by atoms with Crippen molar-refractivity contribution in [3.05, 3.63) is 36.2 Å². The summed E-state index contributed by atoms with van der Waals surface area (Å²) in [6.45, 7) is 2.86. The number of hydrogen-bond acceptors (Lipinski definition) is 9. The van der Waals surface area contributed by atoms with E-state index >= 15 is 0 Å². The zero-order valence-corrected chi connectivity index (χ0v) is 20.8. The number of halogens is 2. The lowest BCUT2D eigenvalue weighted by Crippen LogP contribution is -2.40. The number of alkyl halides is 2. The number of alkyl carbamates (subject to hydrolysis) is 1. The van der Waals surface area contributed by atoms with Gasteiger partial charge in [0.1, 0.15) is 18.2 Å². The Balaban J connectivity index is 1.43. The van der Waals surface area contributed by atoms with Gasteiger partial charge in [0.05, 0.1) is 31.4 Å². The number of hydrogen-bond donors (Lipinski definition) is 2. The maximum Gasteiger partial charge on any atom is 0.407 e. The average molecular weight is 531 g/mol. The van der Waals surface area contributed by atoms with Crippen LogP contribution >= 0.6 is 0 Å². The van der Waals surface area contributed by atoms with Crippen molar-refractivity contribution in [2.45, 2.75) is 18.9 Å². The van der Waals surface area contributed by atoms with Crippen LogP contribution in [0.15, 0.2) is 30.3 Å². The number of rotatable bonds is 7. The first-order chi connectivity index (χ1) is 18.4. The minimum atomic E-state index is -2.81. The van der Waals surface area contributed by atoms with Gasteiger partial charge in [-0.3, -0.25) is 9.36 Å². The molecule has 1 atom stereocenters. The molecule has 0 radical (unpaired) electrons. The fourth-order valence-corrected chi connectivity index (χ4v) is 4.59. The Kier molecular flexibility index (Phi) is 7.49. The van der Waals surface area contributed by atoms with Crippen molar-refractivity contribution in [2.24, 2.45) is 0 Å². The lowest BCUT2D eigenvalue weighted by Gasteiger charge is -2.28. The molecule has 2 saturated heterocycles. The average Bonchev–Trinajstić information content (AvgIpc) is 3.57. The number of nitrogens with one attached hydrogen (secondary N) is 2. The Bertz CT molecular complexity index is 1310. The van der Waals surface area contributed by atoms with Crippen molar-refractivity contribution >= 4 is 34.8 Å². The predicted molar refractivity (Wildman–Crippen MR) is 134 cm³/mol. The molecule has 0 bridgehead atoms. The largest absolute Gasteiger partial charge is 0.453 e. The second-order valence-corrected chi connectivity index (χ2v) is 8.92. The molecule has 12 nitrogen and oxygen atoms in total. The van der Waals surface area contributed by atoms with Gasteiger partial charge in [0.15, 0.2) is 5.82 Å². The maximum absolute atomic E-state index is 14.0. The van der Waals surface area contributed by atoms with E-state index < -0.39 is 18.3 Å². The van der Waals surface area contributed by atoms with Crippen LogP contribution in [0, 0.1) is 0 Å². The number of likely N-dealkylation sites (tertiary alicyclic amines) is 1. The molecular formula is C24H28F2N8O4. The highest BCUT2D eigenvalue weighted by Crippen LogP contribution is 2.29. The minimum Gasteiger partial charge on any atom is -0.453 e. The molecule has 0 saturated carbocycles. The van der Waals surface area contributed by atoms with E-state index in [0.717, 1.165) is 0 Å². The van der Waals surface area contributed by atoms with E-state index in [2.05, 4.69) is 30.3 Å². The second kappa shape index (κ2) is 11.1. The van der Waals surface area contributed by atoms with Crippen LogP contribution in [-0.4, -0.2) is 95.5 Å². The Hall–Kier alpha value is -4.07. The van der Waals surface area contributed by atoms with Crippen molar-refractivity contribution in [1.29, 1.82) is 0 Å². The van der Waals surface area contributed by atoms with Crippen LogP contribution in [0.1, 0.15) is 18.7 Å². The number of benzene rings is 1. The van der Waals surface area contributed by atoms with Crippen molar-refractivity contribution in [2.75, 3.05) is 63.3 Å². The molecule has 14 heteroatoms. The number of morpholine rings is 1. The Morgan fingerprint density at radius 1 is 1.16 bits per heavy atom. The molecule has 2 aliphatic rings. The van der Waals surface area contributed by atoms with Gasteiger partial charge < -0.3 is 29.9 Å². The Morgan fingerprint density at radius 3 is 2.71 bits per heavy atom. The van der Waals surface area contributed by atoms with E-state index in [9.17, 15) is 18.4 Å². The molecular weight excluding hydrogens is 502 g/mol. The molecule has 202 valence electrons. The fourth-order valence-electron chi connectivity index (χ4n) is 4.59. The summed E-state index contributed by atoms with van der Waals surface area (Å²) in [5.74, 6) is 0.463. The Morgan fingerprint density at radius 2 is 1.95 bits per heavy atom. The summed E-state index contributed by atoms with van der Waals surface area (Å²) in [5, 5.41) is 5.73. The van der Waals surface area contributed by atoms with Gasteiger partial charge >= 0.3 is 6.09 Å². The quantitative estimate of drug-likeness (QED) is 0.471. The number of carbonyl (C=O) groups excluding carboxylic acids is 2. The molecule has 2 amide bonds. The summed E-state index contributed by atoms with van der Waals surface area (Å²) in [5.41, 5.74) is 0.950. The molecule has 2 aromatic heterocycles. The first kappa shape index (κ1) is 25.6. The number of para-hydroxylation sites is 2. The summed E-state index contributed by atoms with van der Waals surface area (Å²) in [7, 11) is 1.23. The third kappa shape index (κ3) is 5.44. The van der Waals surface area contributed by atoms with Crippen LogP contribution in [0.3, 0.4) is 0 Å². The number of aromatic nitrogens is 4. The Labute approximate surface area is 216 Å². The van der Waals surface area contributed by atoms with Gasteiger partial charge in [-0.1, -0.05) is 12.1 Å².